The molecule has 118 valence electrons. The number of halogens is 1. The topological polar surface area (TPSA) is 50.3 Å². The van der Waals surface area contributed by atoms with Crippen molar-refractivity contribution >= 4 is 37.3 Å². The van der Waals surface area contributed by atoms with Gasteiger partial charge < -0.3 is 0 Å². The fourth-order valence-corrected chi connectivity index (χ4v) is 5.53. The summed E-state index contributed by atoms with van der Waals surface area (Å²) in [6.07, 6.45) is 2.01. The van der Waals surface area contributed by atoms with E-state index < -0.39 is 10.0 Å². The van der Waals surface area contributed by atoms with E-state index in [1.165, 1.54) is 11.3 Å². The number of piperidine rings is 1. The highest BCUT2D eigenvalue weighted by atomic mass is 79.9. The van der Waals surface area contributed by atoms with E-state index in [1.807, 2.05) is 24.3 Å². The van der Waals surface area contributed by atoms with Gasteiger partial charge in [-0.3, -0.25) is 0 Å². The van der Waals surface area contributed by atoms with Crippen molar-refractivity contribution in [2.75, 3.05) is 13.1 Å². The Morgan fingerprint density at radius 2 is 2.05 bits per heavy atom. The molecule has 1 fully saturated rings. The van der Waals surface area contributed by atoms with E-state index in [0.717, 1.165) is 27.9 Å². The van der Waals surface area contributed by atoms with E-state index in [9.17, 15) is 8.42 Å². The lowest BCUT2D eigenvalue weighted by molar-refractivity contribution is 0.280. The first kappa shape index (κ1) is 16.1. The van der Waals surface area contributed by atoms with E-state index in [1.54, 1.807) is 9.69 Å². The molecule has 0 spiro atoms. The van der Waals surface area contributed by atoms with Crippen LogP contribution in [0, 0.1) is 5.92 Å². The molecule has 0 radical (unpaired) electrons. The van der Waals surface area contributed by atoms with Gasteiger partial charge in [0, 0.05) is 28.5 Å². The van der Waals surface area contributed by atoms with Crippen LogP contribution in [-0.2, 0) is 10.0 Å². The molecule has 1 aliphatic rings. The number of aromatic nitrogens is 1. The Bertz CT molecular complexity index is 756. The fourth-order valence-electron chi connectivity index (χ4n) is 2.60. The second kappa shape index (κ2) is 6.39. The van der Waals surface area contributed by atoms with E-state index in [-0.39, 0.29) is 5.03 Å². The molecule has 2 heterocycles. The van der Waals surface area contributed by atoms with Gasteiger partial charge in [-0.05, 0) is 30.9 Å². The molecule has 22 heavy (non-hydrogen) atoms. The fraction of sp³-hybridized carbons (Fsp3) is 0.400. The van der Waals surface area contributed by atoms with Crippen LogP contribution in [0.3, 0.4) is 0 Å². The zero-order valence-corrected chi connectivity index (χ0v) is 15.4. The van der Waals surface area contributed by atoms with Gasteiger partial charge in [-0.15, -0.1) is 11.3 Å². The number of hydrogen-bond acceptors (Lipinski definition) is 4. The van der Waals surface area contributed by atoms with Crippen molar-refractivity contribution in [2.45, 2.75) is 24.8 Å². The van der Waals surface area contributed by atoms with Crippen LogP contribution in [-0.4, -0.2) is 30.8 Å². The lowest BCUT2D eigenvalue weighted by Gasteiger charge is -2.29. The van der Waals surface area contributed by atoms with Crippen LogP contribution in [0.5, 0.6) is 0 Å². The normalized spacial score (nSPS) is 20.2. The number of thiazole rings is 1. The Labute approximate surface area is 143 Å². The maximum atomic E-state index is 12.7. The molecule has 0 saturated carbocycles. The average molecular weight is 401 g/mol. The van der Waals surface area contributed by atoms with E-state index in [2.05, 4.69) is 27.8 Å². The third kappa shape index (κ3) is 3.27. The predicted molar refractivity (Wildman–Crippen MR) is 92.4 cm³/mol. The largest absolute Gasteiger partial charge is 0.261 e. The number of benzene rings is 1. The van der Waals surface area contributed by atoms with Crippen LogP contribution in [0.15, 0.2) is 39.1 Å². The maximum absolute atomic E-state index is 12.7. The lowest BCUT2D eigenvalue weighted by Crippen LogP contribution is -2.39. The first-order chi connectivity index (χ1) is 10.5. The Morgan fingerprint density at radius 1 is 1.32 bits per heavy atom. The third-order valence-corrected chi connectivity index (χ3v) is 7.12. The quantitative estimate of drug-likeness (QED) is 0.782. The molecule has 0 aliphatic carbocycles. The number of hydrogen-bond donors (Lipinski definition) is 0. The van der Waals surface area contributed by atoms with Crippen LogP contribution in [0.25, 0.3) is 10.6 Å². The van der Waals surface area contributed by atoms with Gasteiger partial charge in [-0.25, -0.2) is 13.4 Å². The molecule has 0 amide bonds. The van der Waals surface area contributed by atoms with Crippen molar-refractivity contribution in [3.8, 4) is 10.6 Å². The van der Waals surface area contributed by atoms with Gasteiger partial charge in [0.2, 0.25) is 0 Å². The van der Waals surface area contributed by atoms with Crippen molar-refractivity contribution in [3.05, 3.63) is 34.1 Å². The Hall–Kier alpha value is -0.760. The van der Waals surface area contributed by atoms with Gasteiger partial charge in [0.25, 0.3) is 10.0 Å². The van der Waals surface area contributed by atoms with E-state index in [0.29, 0.717) is 19.0 Å². The minimum absolute atomic E-state index is 0.171. The molecule has 4 nitrogen and oxygen atoms in total. The van der Waals surface area contributed by atoms with Crippen molar-refractivity contribution in [3.63, 3.8) is 0 Å². The van der Waals surface area contributed by atoms with Crippen LogP contribution in [0.2, 0.25) is 0 Å². The Balaban J connectivity index is 1.87. The zero-order chi connectivity index (χ0) is 15.7. The van der Waals surface area contributed by atoms with Crippen molar-refractivity contribution < 1.29 is 8.42 Å². The molecule has 2 aromatic rings. The molecule has 1 saturated heterocycles. The minimum atomic E-state index is -3.47. The zero-order valence-electron chi connectivity index (χ0n) is 12.2. The molecule has 1 aliphatic heterocycles. The van der Waals surface area contributed by atoms with E-state index >= 15 is 0 Å². The first-order valence-corrected chi connectivity index (χ1v) is 10.3. The van der Waals surface area contributed by atoms with Gasteiger partial charge in [0.15, 0.2) is 5.03 Å². The van der Waals surface area contributed by atoms with Crippen LogP contribution < -0.4 is 0 Å². The van der Waals surface area contributed by atoms with Gasteiger partial charge >= 0.3 is 0 Å². The predicted octanol–water partition coefficient (Wildman–Crippen LogP) is 3.99. The van der Waals surface area contributed by atoms with Crippen molar-refractivity contribution in [1.29, 1.82) is 0 Å². The first-order valence-electron chi connectivity index (χ1n) is 7.18. The van der Waals surface area contributed by atoms with Gasteiger partial charge in [0.1, 0.15) is 5.01 Å². The maximum Gasteiger partial charge on any atom is 0.261 e. The molecule has 1 aromatic heterocycles. The second-order valence-electron chi connectivity index (χ2n) is 5.61. The summed E-state index contributed by atoms with van der Waals surface area (Å²) >= 11 is 4.76. The molecule has 3 rings (SSSR count). The monoisotopic (exact) mass is 400 g/mol. The number of nitrogens with zero attached hydrogens (tertiary/aromatic N) is 2. The van der Waals surface area contributed by atoms with Crippen molar-refractivity contribution in [2.24, 2.45) is 5.92 Å². The molecular weight excluding hydrogens is 384 g/mol. The van der Waals surface area contributed by atoms with E-state index in [4.69, 9.17) is 0 Å². The summed E-state index contributed by atoms with van der Waals surface area (Å²) < 4.78 is 27.9. The molecule has 1 atom stereocenters. The Kier molecular flexibility index (Phi) is 4.68. The molecule has 0 bridgehead atoms. The number of rotatable bonds is 3. The SMILES string of the molecule is CC1CCCN(S(=O)(=O)c2csc(-c3ccc(Br)cc3)n2)C1. The van der Waals surface area contributed by atoms with Crippen LogP contribution in [0.4, 0.5) is 0 Å². The minimum Gasteiger partial charge on any atom is -0.223 e. The Morgan fingerprint density at radius 3 is 2.73 bits per heavy atom. The smallest absolute Gasteiger partial charge is 0.223 e. The summed E-state index contributed by atoms with van der Waals surface area (Å²) in [5.41, 5.74) is 0.932. The summed E-state index contributed by atoms with van der Waals surface area (Å²) in [4.78, 5) is 4.36. The molecule has 0 N–H and O–H groups in total. The molecular formula is C15H17BrN2O2S2. The van der Waals surface area contributed by atoms with Gasteiger partial charge in [-0.1, -0.05) is 35.0 Å². The second-order valence-corrected chi connectivity index (χ2v) is 9.27. The summed E-state index contributed by atoms with van der Waals surface area (Å²) in [5, 5.41) is 2.55. The lowest BCUT2D eigenvalue weighted by atomic mass is 10.0. The highest BCUT2D eigenvalue weighted by molar-refractivity contribution is 9.10. The van der Waals surface area contributed by atoms with Crippen LogP contribution in [0.1, 0.15) is 19.8 Å². The summed E-state index contributed by atoms with van der Waals surface area (Å²) in [7, 11) is -3.47. The molecule has 1 aromatic carbocycles. The standard InChI is InChI=1S/C15H17BrN2O2S2/c1-11-3-2-8-18(9-11)22(19,20)14-10-21-15(17-14)12-4-6-13(16)7-5-12/h4-7,10-11H,2-3,8-9H2,1H3. The average Bonchev–Trinajstić information content (AvgIpc) is 2.98. The third-order valence-electron chi connectivity index (χ3n) is 3.80. The molecule has 7 heteroatoms. The highest BCUT2D eigenvalue weighted by Crippen LogP contribution is 2.29. The van der Waals surface area contributed by atoms with Crippen LogP contribution >= 0.6 is 27.3 Å². The number of sulfonamides is 1. The molecule has 1 unspecified atom stereocenters. The van der Waals surface area contributed by atoms with Crippen molar-refractivity contribution in [1.82, 2.24) is 9.29 Å². The summed E-state index contributed by atoms with van der Waals surface area (Å²) in [6, 6.07) is 7.72. The summed E-state index contributed by atoms with van der Waals surface area (Å²) in [6.45, 7) is 3.28. The van der Waals surface area contributed by atoms with Gasteiger partial charge in [-0.2, -0.15) is 4.31 Å². The van der Waals surface area contributed by atoms with Gasteiger partial charge in [0.05, 0.1) is 0 Å². The summed E-state index contributed by atoms with van der Waals surface area (Å²) in [5.74, 6) is 0.410. The highest BCUT2D eigenvalue weighted by Gasteiger charge is 2.30.